The van der Waals surface area contributed by atoms with Crippen molar-refractivity contribution < 1.29 is 14.4 Å². The number of hydrogen-bond donors (Lipinski definition) is 1. The average molecular weight is 306 g/mol. The number of fused-ring (bicyclic) bond motifs is 1. The normalized spacial score (nSPS) is 14.0. The zero-order valence-corrected chi connectivity index (χ0v) is 12.5. The van der Waals surface area contributed by atoms with E-state index in [1.807, 2.05) is 0 Å². The highest BCUT2D eigenvalue weighted by Crippen LogP contribution is 2.27. The molecule has 0 atom stereocenters. The molecule has 5 heteroatoms. The van der Waals surface area contributed by atoms with E-state index in [4.69, 9.17) is 5.73 Å². The number of nitrogens with zero attached hydrogens (tertiary/aromatic N) is 1. The summed E-state index contributed by atoms with van der Waals surface area (Å²) >= 11 is 0. The molecule has 1 heterocycles. The van der Waals surface area contributed by atoms with E-state index < -0.39 is 5.91 Å². The topological polar surface area (TPSA) is 90.1 Å². The number of pyridine rings is 1. The number of carbonyl (C=O) groups is 3. The van der Waals surface area contributed by atoms with Gasteiger partial charge in [0, 0.05) is 40.6 Å². The van der Waals surface area contributed by atoms with Crippen molar-refractivity contribution in [3.05, 3.63) is 76.1 Å². The van der Waals surface area contributed by atoms with Crippen molar-refractivity contribution in [3.63, 3.8) is 0 Å². The SMILES string of the molecule is CC1=C(Cc2ccc(C(N)=O)cn2)C(=O)c2ccccc2C1=O. The number of ketones is 2. The van der Waals surface area contributed by atoms with Crippen molar-refractivity contribution in [3.8, 4) is 0 Å². The van der Waals surface area contributed by atoms with E-state index >= 15 is 0 Å². The minimum Gasteiger partial charge on any atom is -0.366 e. The van der Waals surface area contributed by atoms with Crippen LogP contribution in [-0.2, 0) is 6.42 Å². The Hall–Kier alpha value is -3.08. The van der Waals surface area contributed by atoms with Gasteiger partial charge in [-0.3, -0.25) is 19.4 Å². The van der Waals surface area contributed by atoms with Crippen molar-refractivity contribution in [1.82, 2.24) is 4.98 Å². The summed E-state index contributed by atoms with van der Waals surface area (Å²) in [5.74, 6) is -0.847. The van der Waals surface area contributed by atoms with Crippen LogP contribution in [0.2, 0.25) is 0 Å². The molecule has 0 saturated carbocycles. The number of rotatable bonds is 3. The summed E-state index contributed by atoms with van der Waals surface area (Å²) in [5, 5.41) is 0. The number of hydrogen-bond acceptors (Lipinski definition) is 4. The molecule has 3 rings (SSSR count). The van der Waals surface area contributed by atoms with Gasteiger partial charge in [0.2, 0.25) is 5.91 Å². The molecule has 1 aromatic heterocycles. The molecule has 0 radical (unpaired) electrons. The summed E-state index contributed by atoms with van der Waals surface area (Å²) in [6, 6.07) is 10.00. The summed E-state index contributed by atoms with van der Waals surface area (Å²) in [5.41, 5.74) is 7.82. The standard InChI is InChI=1S/C18H14N2O3/c1-10-15(8-12-7-6-11(9-20-12)18(19)23)17(22)14-5-3-2-4-13(14)16(10)21/h2-7,9H,8H2,1H3,(H2,19,23). The first-order valence-electron chi connectivity index (χ1n) is 7.12. The Kier molecular flexibility index (Phi) is 3.62. The Morgan fingerprint density at radius 1 is 1.04 bits per heavy atom. The molecule has 2 aromatic rings. The van der Waals surface area contributed by atoms with Crippen molar-refractivity contribution in [1.29, 1.82) is 0 Å². The number of nitrogens with two attached hydrogens (primary N) is 1. The van der Waals surface area contributed by atoms with E-state index in [9.17, 15) is 14.4 Å². The van der Waals surface area contributed by atoms with Crippen LogP contribution >= 0.6 is 0 Å². The first-order valence-corrected chi connectivity index (χ1v) is 7.12. The summed E-state index contributed by atoms with van der Waals surface area (Å²) in [6.45, 7) is 1.66. The van der Waals surface area contributed by atoms with E-state index in [1.165, 1.54) is 6.20 Å². The largest absolute Gasteiger partial charge is 0.366 e. The summed E-state index contributed by atoms with van der Waals surface area (Å²) in [7, 11) is 0. The highest BCUT2D eigenvalue weighted by atomic mass is 16.1. The first-order chi connectivity index (χ1) is 11.0. The predicted octanol–water partition coefficient (Wildman–Crippen LogP) is 2.12. The van der Waals surface area contributed by atoms with Gasteiger partial charge in [0.05, 0.1) is 5.56 Å². The number of Topliss-reactive ketones (excluding diaryl/α,β-unsaturated/α-hetero) is 2. The van der Waals surface area contributed by atoms with Gasteiger partial charge in [-0.15, -0.1) is 0 Å². The maximum absolute atomic E-state index is 12.6. The van der Waals surface area contributed by atoms with Crippen LogP contribution < -0.4 is 5.73 Å². The molecule has 1 aliphatic rings. The van der Waals surface area contributed by atoms with Crippen LogP contribution in [0.15, 0.2) is 53.7 Å². The van der Waals surface area contributed by atoms with Gasteiger partial charge in [0.1, 0.15) is 0 Å². The number of benzene rings is 1. The van der Waals surface area contributed by atoms with Crippen LogP contribution in [0.4, 0.5) is 0 Å². The number of primary amides is 1. The molecular formula is C18H14N2O3. The Balaban J connectivity index is 1.96. The number of carbonyl (C=O) groups excluding carboxylic acids is 3. The molecule has 5 nitrogen and oxygen atoms in total. The van der Waals surface area contributed by atoms with Crippen LogP contribution in [-0.4, -0.2) is 22.5 Å². The van der Waals surface area contributed by atoms with Gasteiger partial charge in [-0.2, -0.15) is 0 Å². The summed E-state index contributed by atoms with van der Waals surface area (Å²) in [6.07, 6.45) is 1.61. The van der Waals surface area contributed by atoms with E-state index in [-0.39, 0.29) is 18.0 Å². The maximum atomic E-state index is 12.6. The van der Waals surface area contributed by atoms with Crippen LogP contribution in [0.3, 0.4) is 0 Å². The van der Waals surface area contributed by atoms with Crippen LogP contribution in [0.5, 0.6) is 0 Å². The fourth-order valence-electron chi connectivity index (χ4n) is 2.62. The zero-order valence-electron chi connectivity index (χ0n) is 12.5. The van der Waals surface area contributed by atoms with Crippen molar-refractivity contribution >= 4 is 17.5 Å². The number of allylic oxidation sites excluding steroid dienone is 2. The van der Waals surface area contributed by atoms with Gasteiger partial charge in [-0.05, 0) is 19.1 Å². The van der Waals surface area contributed by atoms with Gasteiger partial charge in [-0.1, -0.05) is 24.3 Å². The minimum atomic E-state index is -0.558. The van der Waals surface area contributed by atoms with Gasteiger partial charge >= 0.3 is 0 Å². The van der Waals surface area contributed by atoms with Crippen molar-refractivity contribution in [2.24, 2.45) is 5.73 Å². The fourth-order valence-corrected chi connectivity index (χ4v) is 2.62. The van der Waals surface area contributed by atoms with Gasteiger partial charge < -0.3 is 5.73 Å². The maximum Gasteiger partial charge on any atom is 0.250 e. The Labute approximate surface area is 132 Å². The Morgan fingerprint density at radius 2 is 1.70 bits per heavy atom. The van der Waals surface area contributed by atoms with E-state index in [0.29, 0.717) is 33.5 Å². The number of amides is 1. The zero-order chi connectivity index (χ0) is 16.6. The van der Waals surface area contributed by atoms with Crippen LogP contribution in [0.1, 0.15) is 43.7 Å². The van der Waals surface area contributed by atoms with Crippen LogP contribution in [0.25, 0.3) is 0 Å². The van der Waals surface area contributed by atoms with E-state index in [1.54, 1.807) is 43.3 Å². The summed E-state index contributed by atoms with van der Waals surface area (Å²) < 4.78 is 0. The minimum absolute atomic E-state index is 0.135. The lowest BCUT2D eigenvalue weighted by Crippen LogP contribution is -2.22. The monoisotopic (exact) mass is 306 g/mol. The van der Waals surface area contributed by atoms with Gasteiger partial charge in [0.25, 0.3) is 0 Å². The second kappa shape index (κ2) is 5.61. The third-order valence-corrected chi connectivity index (χ3v) is 3.95. The molecule has 1 aromatic carbocycles. The van der Waals surface area contributed by atoms with Crippen molar-refractivity contribution in [2.75, 3.05) is 0 Å². The smallest absolute Gasteiger partial charge is 0.250 e. The Bertz CT molecular complexity index is 864. The molecule has 0 fully saturated rings. The van der Waals surface area contributed by atoms with Gasteiger partial charge in [-0.25, -0.2) is 0 Å². The third kappa shape index (κ3) is 2.57. The molecule has 1 amide bonds. The van der Waals surface area contributed by atoms with Gasteiger partial charge in [0.15, 0.2) is 11.6 Å². The average Bonchev–Trinajstić information content (AvgIpc) is 2.57. The Morgan fingerprint density at radius 3 is 2.26 bits per heavy atom. The molecular weight excluding hydrogens is 292 g/mol. The van der Waals surface area contributed by atoms with E-state index in [2.05, 4.69) is 4.98 Å². The number of aromatic nitrogens is 1. The lowest BCUT2D eigenvalue weighted by molar-refractivity contribution is 0.0973. The highest BCUT2D eigenvalue weighted by Gasteiger charge is 2.29. The molecule has 114 valence electrons. The molecule has 0 spiro atoms. The lowest BCUT2D eigenvalue weighted by Gasteiger charge is -2.18. The second-order valence-corrected chi connectivity index (χ2v) is 5.39. The molecule has 23 heavy (non-hydrogen) atoms. The first kappa shape index (κ1) is 14.8. The second-order valence-electron chi connectivity index (χ2n) is 5.39. The lowest BCUT2D eigenvalue weighted by atomic mass is 9.83. The van der Waals surface area contributed by atoms with Crippen LogP contribution in [0, 0.1) is 0 Å². The molecule has 0 aliphatic heterocycles. The molecule has 1 aliphatic carbocycles. The van der Waals surface area contributed by atoms with Crippen molar-refractivity contribution in [2.45, 2.75) is 13.3 Å². The molecule has 0 unspecified atom stereocenters. The fraction of sp³-hybridized carbons (Fsp3) is 0.111. The molecule has 0 saturated heterocycles. The quantitative estimate of drug-likeness (QED) is 0.940. The molecule has 0 bridgehead atoms. The summed E-state index contributed by atoms with van der Waals surface area (Å²) in [4.78, 5) is 40.3. The molecule has 2 N–H and O–H groups in total. The highest BCUT2D eigenvalue weighted by molar-refractivity contribution is 6.26. The third-order valence-electron chi connectivity index (χ3n) is 3.95. The van der Waals surface area contributed by atoms with E-state index in [0.717, 1.165) is 0 Å². The predicted molar refractivity (Wildman–Crippen MR) is 84.3 cm³/mol.